The maximum absolute atomic E-state index is 13.8. The van der Waals surface area contributed by atoms with Gasteiger partial charge in [0.2, 0.25) is 17.7 Å². The van der Waals surface area contributed by atoms with Crippen LogP contribution in [0.3, 0.4) is 0 Å². The first-order valence-corrected chi connectivity index (χ1v) is 12.2. The van der Waals surface area contributed by atoms with Crippen molar-refractivity contribution in [3.63, 3.8) is 0 Å². The zero-order chi connectivity index (χ0) is 26.8. The van der Waals surface area contributed by atoms with Crippen molar-refractivity contribution in [3.8, 4) is 0 Å². The van der Waals surface area contributed by atoms with Crippen molar-refractivity contribution in [2.75, 3.05) is 10.2 Å². The van der Waals surface area contributed by atoms with Gasteiger partial charge in [0.25, 0.3) is 0 Å². The maximum Gasteiger partial charge on any atom is 0.416 e. The van der Waals surface area contributed by atoms with Gasteiger partial charge in [-0.3, -0.25) is 14.4 Å². The number of nitrogens with zero attached hydrogens (tertiary/aromatic N) is 2. The molecule has 192 valence electrons. The molecule has 0 aliphatic carbocycles. The molecule has 3 aromatic carbocycles. The van der Waals surface area contributed by atoms with Gasteiger partial charge in [0.1, 0.15) is 6.04 Å². The highest BCUT2D eigenvalue weighted by atomic mass is 35.5. The third-order valence-electron chi connectivity index (χ3n) is 7.25. The quantitative estimate of drug-likeness (QED) is 0.447. The maximum atomic E-state index is 13.8. The molecule has 0 bridgehead atoms. The second-order valence-electron chi connectivity index (χ2n) is 9.39. The number of fused-ring (bicyclic) bond motifs is 5. The fourth-order valence-electron chi connectivity index (χ4n) is 5.72. The SMILES string of the molecule is O=C(Nc1cccc(C(F)(F)F)c1)[C@@H]1[C@@H]2C(=O)N(c3cccc(Cl)c3)C(=O)[C@H]2[C@@H]2c3ccccc3C=CN12. The third kappa shape index (κ3) is 3.77. The lowest BCUT2D eigenvalue weighted by Gasteiger charge is -2.35. The van der Waals surface area contributed by atoms with E-state index in [0.29, 0.717) is 10.7 Å². The van der Waals surface area contributed by atoms with Crippen molar-refractivity contribution in [1.29, 1.82) is 0 Å². The summed E-state index contributed by atoms with van der Waals surface area (Å²) in [5.41, 5.74) is 0.963. The van der Waals surface area contributed by atoms with Gasteiger partial charge in [0.05, 0.1) is 29.1 Å². The lowest BCUT2D eigenvalue weighted by Crippen LogP contribution is -2.46. The van der Waals surface area contributed by atoms with E-state index in [4.69, 9.17) is 11.6 Å². The molecule has 0 aromatic heterocycles. The average Bonchev–Trinajstić information content (AvgIpc) is 3.36. The molecule has 10 heteroatoms. The number of nitrogens with one attached hydrogen (secondary N) is 1. The number of imide groups is 1. The fraction of sp³-hybridized carbons (Fsp3) is 0.179. The Balaban J connectivity index is 1.42. The number of halogens is 4. The fourth-order valence-corrected chi connectivity index (χ4v) is 5.90. The van der Waals surface area contributed by atoms with Crippen molar-refractivity contribution in [2.24, 2.45) is 11.8 Å². The molecular formula is C28H19ClF3N3O3. The Bertz CT molecular complexity index is 1520. The predicted molar refractivity (Wildman–Crippen MR) is 135 cm³/mol. The van der Waals surface area contributed by atoms with Gasteiger partial charge in [-0.2, -0.15) is 13.2 Å². The van der Waals surface area contributed by atoms with Gasteiger partial charge in [-0.15, -0.1) is 0 Å². The van der Waals surface area contributed by atoms with Gasteiger partial charge in [0, 0.05) is 16.9 Å². The summed E-state index contributed by atoms with van der Waals surface area (Å²) in [7, 11) is 0. The first-order valence-electron chi connectivity index (χ1n) is 11.8. The number of hydrogen-bond donors (Lipinski definition) is 1. The second-order valence-corrected chi connectivity index (χ2v) is 9.83. The van der Waals surface area contributed by atoms with E-state index in [9.17, 15) is 27.6 Å². The van der Waals surface area contributed by atoms with E-state index >= 15 is 0 Å². The minimum atomic E-state index is -4.59. The smallest absolute Gasteiger partial charge is 0.357 e. The van der Waals surface area contributed by atoms with Crippen LogP contribution in [0, 0.1) is 11.8 Å². The Morgan fingerprint density at radius 2 is 1.63 bits per heavy atom. The summed E-state index contributed by atoms with van der Waals surface area (Å²) in [6, 6.07) is 16.3. The van der Waals surface area contributed by atoms with Crippen LogP contribution in [0.1, 0.15) is 22.7 Å². The number of amides is 3. The molecule has 6 nitrogen and oxygen atoms in total. The normalized spacial score (nSPS) is 23.8. The summed E-state index contributed by atoms with van der Waals surface area (Å²) in [4.78, 5) is 44.0. The molecule has 3 aliphatic rings. The van der Waals surface area contributed by atoms with E-state index in [2.05, 4.69) is 5.32 Å². The molecule has 2 saturated heterocycles. The second kappa shape index (κ2) is 8.73. The van der Waals surface area contributed by atoms with Crippen LogP contribution in [0.4, 0.5) is 24.5 Å². The van der Waals surface area contributed by atoms with Crippen LogP contribution in [-0.2, 0) is 20.6 Å². The number of alkyl halides is 3. The van der Waals surface area contributed by atoms with Crippen LogP contribution >= 0.6 is 11.6 Å². The van der Waals surface area contributed by atoms with Crippen LogP contribution in [-0.4, -0.2) is 28.7 Å². The minimum Gasteiger partial charge on any atom is -0.357 e. The molecule has 6 rings (SSSR count). The number of carbonyl (C=O) groups is 3. The molecule has 3 heterocycles. The van der Waals surface area contributed by atoms with E-state index < -0.39 is 53.4 Å². The minimum absolute atomic E-state index is 0.0605. The summed E-state index contributed by atoms with van der Waals surface area (Å²) in [6.07, 6.45) is -1.12. The molecule has 1 N–H and O–H groups in total. The van der Waals surface area contributed by atoms with Crippen LogP contribution in [0.2, 0.25) is 5.02 Å². The van der Waals surface area contributed by atoms with Crippen molar-refractivity contribution < 1.29 is 27.6 Å². The zero-order valence-electron chi connectivity index (χ0n) is 19.5. The van der Waals surface area contributed by atoms with Crippen LogP contribution in [0.15, 0.2) is 79.0 Å². The molecular weight excluding hydrogens is 519 g/mol. The number of carbonyl (C=O) groups excluding carboxylic acids is 3. The molecule has 0 radical (unpaired) electrons. The van der Waals surface area contributed by atoms with Crippen LogP contribution < -0.4 is 10.2 Å². The van der Waals surface area contributed by atoms with Gasteiger partial charge in [-0.25, -0.2) is 4.90 Å². The van der Waals surface area contributed by atoms with Gasteiger partial charge in [0.15, 0.2) is 0 Å². The van der Waals surface area contributed by atoms with E-state index in [1.54, 1.807) is 35.4 Å². The van der Waals surface area contributed by atoms with E-state index in [1.165, 1.54) is 18.2 Å². The lowest BCUT2D eigenvalue weighted by molar-refractivity contribution is -0.137. The van der Waals surface area contributed by atoms with E-state index in [-0.39, 0.29) is 5.69 Å². The molecule has 3 aromatic rings. The first kappa shape index (κ1) is 24.2. The van der Waals surface area contributed by atoms with Crippen molar-refractivity contribution in [3.05, 3.63) is 101 Å². The standard InChI is InChI=1S/C28H19ClF3N3O3/c29-17-7-4-9-19(14-17)35-26(37)21-22(27(35)38)24(34-12-11-15-5-1-2-10-20(15)23(21)34)25(36)33-18-8-3-6-16(13-18)28(30,31)32/h1-14,21-24H,(H,33,36)/t21-,22-,23+,24+/m1/s1. The van der Waals surface area contributed by atoms with Crippen molar-refractivity contribution in [2.45, 2.75) is 18.3 Å². The van der Waals surface area contributed by atoms with Gasteiger partial charge in [-0.05, 0) is 53.6 Å². The average molecular weight is 538 g/mol. The summed E-state index contributed by atoms with van der Waals surface area (Å²) in [6.45, 7) is 0. The molecule has 0 unspecified atom stereocenters. The molecule has 2 fully saturated rings. The number of anilines is 2. The van der Waals surface area contributed by atoms with Crippen LogP contribution in [0.5, 0.6) is 0 Å². The van der Waals surface area contributed by atoms with Gasteiger partial charge >= 0.3 is 6.18 Å². The van der Waals surface area contributed by atoms with Crippen molar-refractivity contribution in [1.82, 2.24) is 4.90 Å². The number of hydrogen-bond acceptors (Lipinski definition) is 4. The highest BCUT2D eigenvalue weighted by molar-refractivity contribution is 6.31. The monoisotopic (exact) mass is 537 g/mol. The predicted octanol–water partition coefficient (Wildman–Crippen LogP) is 5.51. The lowest BCUT2D eigenvalue weighted by atomic mass is 9.84. The third-order valence-corrected chi connectivity index (χ3v) is 7.49. The highest BCUT2D eigenvalue weighted by Gasteiger charge is 2.64. The Morgan fingerprint density at radius 3 is 2.39 bits per heavy atom. The highest BCUT2D eigenvalue weighted by Crippen LogP contribution is 2.53. The number of benzene rings is 3. The zero-order valence-corrected chi connectivity index (χ0v) is 20.3. The molecule has 3 aliphatic heterocycles. The molecule has 38 heavy (non-hydrogen) atoms. The van der Waals surface area contributed by atoms with Gasteiger partial charge in [-0.1, -0.05) is 48.0 Å². The largest absolute Gasteiger partial charge is 0.416 e. The Morgan fingerprint density at radius 1 is 0.895 bits per heavy atom. The summed E-state index contributed by atoms with van der Waals surface area (Å²) >= 11 is 6.12. The Kier molecular flexibility index (Phi) is 5.57. The van der Waals surface area contributed by atoms with Gasteiger partial charge < -0.3 is 10.2 Å². The van der Waals surface area contributed by atoms with E-state index in [1.807, 2.05) is 24.3 Å². The summed E-state index contributed by atoms with van der Waals surface area (Å²) in [5, 5.41) is 2.89. The molecule has 3 amide bonds. The molecule has 0 spiro atoms. The Hall–Kier alpha value is -4.11. The Labute approximate surface area is 220 Å². The summed E-state index contributed by atoms with van der Waals surface area (Å²) in [5.74, 6) is -3.65. The first-order chi connectivity index (χ1) is 18.1. The number of rotatable bonds is 3. The molecule has 4 atom stereocenters. The van der Waals surface area contributed by atoms with Crippen molar-refractivity contribution >= 4 is 46.8 Å². The topological polar surface area (TPSA) is 69.7 Å². The summed E-state index contributed by atoms with van der Waals surface area (Å²) < 4.78 is 39.7. The van der Waals surface area contributed by atoms with Crippen LogP contribution in [0.25, 0.3) is 6.08 Å². The molecule has 0 saturated carbocycles. The van der Waals surface area contributed by atoms with E-state index in [0.717, 1.165) is 28.2 Å².